The molecule has 0 bridgehead atoms. The minimum absolute atomic E-state index is 0.570. The first-order valence-electron chi connectivity index (χ1n) is 20.3. The van der Waals surface area contributed by atoms with E-state index >= 15 is 0 Å². The van der Waals surface area contributed by atoms with Crippen LogP contribution >= 0.6 is 0 Å². The van der Waals surface area contributed by atoms with Gasteiger partial charge in [0.05, 0.1) is 22.1 Å². The molecule has 9 aromatic carbocycles. The highest BCUT2D eigenvalue weighted by molar-refractivity contribution is 6.11. The molecule has 0 aliphatic rings. The minimum Gasteiger partial charge on any atom is -0.309 e. The fraction of sp³-hybridized carbons (Fsp3) is 0. The first-order chi connectivity index (χ1) is 29.7. The number of hydrogen-bond donors (Lipinski definition) is 0. The summed E-state index contributed by atoms with van der Waals surface area (Å²) in [4.78, 5) is 15.8. The highest BCUT2D eigenvalue weighted by atomic mass is 15.2. The topological polar surface area (TPSA) is 48.5 Å². The largest absolute Gasteiger partial charge is 0.309 e. The van der Waals surface area contributed by atoms with Gasteiger partial charge in [-0.25, -0.2) is 4.98 Å². The molecule has 0 saturated heterocycles. The summed E-state index contributed by atoms with van der Waals surface area (Å²) in [6.45, 7) is 0. The van der Waals surface area contributed by atoms with Crippen molar-refractivity contribution in [3.05, 3.63) is 212 Å². The zero-order chi connectivity index (χ0) is 39.6. The quantitative estimate of drug-likeness (QED) is 0.169. The molecule has 12 aromatic rings. The van der Waals surface area contributed by atoms with E-state index < -0.39 is 0 Å². The summed E-state index contributed by atoms with van der Waals surface area (Å²) < 4.78 is 4.55. The van der Waals surface area contributed by atoms with Gasteiger partial charge in [0, 0.05) is 38.4 Å². The maximum atomic E-state index is 5.32. The summed E-state index contributed by atoms with van der Waals surface area (Å²) in [6.07, 6.45) is 0. The predicted molar refractivity (Wildman–Crippen MR) is 248 cm³/mol. The van der Waals surface area contributed by atoms with Crippen LogP contribution in [0.4, 0.5) is 0 Å². The molecule has 5 nitrogen and oxygen atoms in total. The van der Waals surface area contributed by atoms with E-state index in [1.54, 1.807) is 0 Å². The van der Waals surface area contributed by atoms with Gasteiger partial charge in [0.1, 0.15) is 0 Å². The summed E-state index contributed by atoms with van der Waals surface area (Å²) in [6, 6.07) is 75.2. The van der Waals surface area contributed by atoms with Gasteiger partial charge in [-0.05, 0) is 87.6 Å². The number of aromatic nitrogens is 5. The molecule has 3 aromatic heterocycles. The van der Waals surface area contributed by atoms with Crippen LogP contribution in [0.5, 0.6) is 0 Å². The van der Waals surface area contributed by atoms with Gasteiger partial charge in [-0.3, -0.25) is 4.57 Å². The fourth-order valence-electron chi connectivity index (χ4n) is 8.89. The van der Waals surface area contributed by atoms with Gasteiger partial charge in [0.25, 0.3) is 0 Å². The van der Waals surface area contributed by atoms with E-state index in [0.29, 0.717) is 17.6 Å². The lowest BCUT2D eigenvalue weighted by molar-refractivity contribution is 0.954. The zero-order valence-electron chi connectivity index (χ0n) is 32.4. The third-order valence-corrected chi connectivity index (χ3v) is 11.8. The van der Waals surface area contributed by atoms with Crippen molar-refractivity contribution in [3.8, 4) is 56.7 Å². The Morgan fingerprint density at radius 3 is 1.60 bits per heavy atom. The van der Waals surface area contributed by atoms with Crippen molar-refractivity contribution in [2.75, 3.05) is 0 Å². The van der Waals surface area contributed by atoms with Gasteiger partial charge >= 0.3 is 0 Å². The maximum Gasteiger partial charge on any atom is 0.238 e. The van der Waals surface area contributed by atoms with E-state index in [4.69, 9.17) is 15.0 Å². The molecule has 0 aliphatic carbocycles. The van der Waals surface area contributed by atoms with Gasteiger partial charge in [0.15, 0.2) is 11.6 Å². The molecule has 0 unspecified atom stereocenters. The standard InChI is InChI=1S/C55H35N5/c1-3-14-36(15-4-1)40-29-31-51-48(34-40)46-23-10-12-25-50(46)60(51)55-57-53(56-54(58-55)43-27-26-37-16-7-8-17-38(37)32-43)42-19-13-18-39(33-42)41-28-30-47-45-22-9-11-24-49(45)59(52(47)35-41)44-20-5-2-6-21-44/h1-35H. The van der Waals surface area contributed by atoms with E-state index in [9.17, 15) is 0 Å². The molecule has 3 heterocycles. The van der Waals surface area contributed by atoms with Crippen molar-refractivity contribution < 1.29 is 0 Å². The van der Waals surface area contributed by atoms with Crippen molar-refractivity contribution in [1.29, 1.82) is 0 Å². The van der Waals surface area contributed by atoms with Gasteiger partial charge < -0.3 is 4.57 Å². The van der Waals surface area contributed by atoms with E-state index in [0.717, 1.165) is 60.6 Å². The monoisotopic (exact) mass is 765 g/mol. The average molecular weight is 766 g/mol. The van der Waals surface area contributed by atoms with E-state index in [-0.39, 0.29) is 0 Å². The maximum absolute atomic E-state index is 5.32. The fourth-order valence-corrected chi connectivity index (χ4v) is 8.89. The molecule has 0 saturated carbocycles. The van der Waals surface area contributed by atoms with Gasteiger partial charge in [-0.2, -0.15) is 9.97 Å². The number of nitrogens with zero attached hydrogens (tertiary/aromatic N) is 5. The summed E-state index contributed by atoms with van der Waals surface area (Å²) in [5.74, 6) is 1.80. The first-order valence-corrected chi connectivity index (χ1v) is 20.3. The summed E-state index contributed by atoms with van der Waals surface area (Å²) in [5.41, 5.74) is 11.9. The molecular formula is C55H35N5. The second kappa shape index (κ2) is 13.8. The Morgan fingerprint density at radius 2 is 0.800 bits per heavy atom. The van der Waals surface area contributed by atoms with Crippen LogP contribution in [-0.4, -0.2) is 24.1 Å². The minimum atomic E-state index is 0.570. The first kappa shape index (κ1) is 33.9. The van der Waals surface area contributed by atoms with Crippen LogP contribution in [0.15, 0.2) is 212 Å². The highest BCUT2D eigenvalue weighted by Crippen LogP contribution is 2.38. The number of rotatable bonds is 6. The molecule has 0 amide bonds. The number of para-hydroxylation sites is 3. The number of benzene rings is 9. The average Bonchev–Trinajstić information content (AvgIpc) is 3.84. The second-order valence-corrected chi connectivity index (χ2v) is 15.3. The lowest BCUT2D eigenvalue weighted by Gasteiger charge is -2.12. The molecule has 60 heavy (non-hydrogen) atoms. The van der Waals surface area contributed by atoms with Crippen molar-refractivity contribution in [1.82, 2.24) is 24.1 Å². The predicted octanol–water partition coefficient (Wildman–Crippen LogP) is 13.9. The molecule has 0 atom stereocenters. The molecule has 5 heteroatoms. The second-order valence-electron chi connectivity index (χ2n) is 15.3. The van der Waals surface area contributed by atoms with E-state index in [1.807, 2.05) is 0 Å². The van der Waals surface area contributed by atoms with Crippen molar-refractivity contribution in [3.63, 3.8) is 0 Å². The lowest BCUT2D eigenvalue weighted by atomic mass is 10.0. The van der Waals surface area contributed by atoms with Crippen LogP contribution in [0.1, 0.15) is 0 Å². The lowest BCUT2D eigenvalue weighted by Crippen LogP contribution is -2.06. The van der Waals surface area contributed by atoms with Gasteiger partial charge in [-0.1, -0.05) is 158 Å². The van der Waals surface area contributed by atoms with Crippen LogP contribution in [-0.2, 0) is 0 Å². The zero-order valence-corrected chi connectivity index (χ0v) is 32.4. The summed E-state index contributed by atoms with van der Waals surface area (Å²) in [5, 5.41) is 7.05. The Morgan fingerprint density at radius 1 is 0.267 bits per heavy atom. The van der Waals surface area contributed by atoms with Crippen molar-refractivity contribution in [2.24, 2.45) is 0 Å². The normalized spacial score (nSPS) is 11.7. The Kier molecular flexibility index (Phi) is 7.78. The Labute approximate surface area is 346 Å². The van der Waals surface area contributed by atoms with Gasteiger partial charge in [-0.15, -0.1) is 0 Å². The Hall–Kier alpha value is -8.15. The van der Waals surface area contributed by atoms with Crippen molar-refractivity contribution >= 4 is 54.4 Å². The van der Waals surface area contributed by atoms with E-state index in [1.165, 1.54) is 32.8 Å². The van der Waals surface area contributed by atoms with E-state index in [2.05, 4.69) is 221 Å². The van der Waals surface area contributed by atoms with Crippen LogP contribution in [0.25, 0.3) is 111 Å². The molecule has 0 aliphatic heterocycles. The molecule has 280 valence electrons. The number of fused-ring (bicyclic) bond motifs is 7. The van der Waals surface area contributed by atoms with Crippen LogP contribution in [0.3, 0.4) is 0 Å². The SMILES string of the molecule is c1ccc(-c2ccc3c(c2)c2ccccc2n3-c2nc(-c3cccc(-c4ccc5c6ccccc6n(-c6ccccc6)c5c4)c3)nc(-c3ccc4ccccc4c3)n2)cc1. The molecular weight excluding hydrogens is 731 g/mol. The molecule has 0 spiro atoms. The third kappa shape index (κ3) is 5.59. The van der Waals surface area contributed by atoms with Crippen LogP contribution in [0, 0.1) is 0 Å². The highest BCUT2D eigenvalue weighted by Gasteiger charge is 2.19. The van der Waals surface area contributed by atoms with Gasteiger partial charge in [0.2, 0.25) is 5.95 Å². The number of hydrogen-bond acceptors (Lipinski definition) is 3. The van der Waals surface area contributed by atoms with Crippen molar-refractivity contribution in [2.45, 2.75) is 0 Å². The smallest absolute Gasteiger partial charge is 0.238 e. The van der Waals surface area contributed by atoms with Crippen LogP contribution < -0.4 is 0 Å². The van der Waals surface area contributed by atoms with Crippen LogP contribution in [0.2, 0.25) is 0 Å². The Balaban J connectivity index is 1.05. The molecule has 12 rings (SSSR count). The Bertz CT molecular complexity index is 3600. The molecule has 0 N–H and O–H groups in total. The molecule has 0 radical (unpaired) electrons. The summed E-state index contributed by atoms with van der Waals surface area (Å²) >= 11 is 0. The molecule has 0 fully saturated rings. The summed E-state index contributed by atoms with van der Waals surface area (Å²) in [7, 11) is 0. The third-order valence-electron chi connectivity index (χ3n) is 11.8.